The van der Waals surface area contributed by atoms with E-state index in [1.165, 1.54) is 7.05 Å². The molecule has 1 unspecified atom stereocenters. The predicted molar refractivity (Wildman–Crippen MR) is 65.9 cm³/mol. The molecule has 1 saturated carbocycles. The molecular formula is C13H19F3N2O2. The summed E-state index contributed by atoms with van der Waals surface area (Å²) in [5.41, 5.74) is 0. The third-order valence-electron chi connectivity index (χ3n) is 4.16. The zero-order chi connectivity index (χ0) is 14.9. The molecule has 1 atom stereocenters. The highest BCUT2D eigenvalue weighted by molar-refractivity contribution is 6.03. The summed E-state index contributed by atoms with van der Waals surface area (Å²) in [6.45, 7) is -1.35. The van der Waals surface area contributed by atoms with E-state index < -0.39 is 30.7 Å². The monoisotopic (exact) mass is 292 g/mol. The summed E-state index contributed by atoms with van der Waals surface area (Å²) < 4.78 is 37.7. The van der Waals surface area contributed by atoms with Crippen molar-refractivity contribution in [3.05, 3.63) is 0 Å². The Morgan fingerprint density at radius 1 is 1.15 bits per heavy atom. The molecule has 114 valence electrons. The fourth-order valence-electron chi connectivity index (χ4n) is 3.11. The lowest BCUT2D eigenvalue weighted by atomic mass is 9.84. The second-order valence-corrected chi connectivity index (χ2v) is 5.68. The molecule has 1 aliphatic heterocycles. The molecule has 0 aromatic rings. The van der Waals surface area contributed by atoms with Crippen molar-refractivity contribution in [1.82, 2.24) is 9.80 Å². The Bertz CT molecular complexity index is 392. The average molecular weight is 292 g/mol. The Kier molecular flexibility index (Phi) is 4.25. The van der Waals surface area contributed by atoms with Crippen LogP contribution in [0.5, 0.6) is 0 Å². The van der Waals surface area contributed by atoms with Crippen LogP contribution in [0.1, 0.15) is 38.5 Å². The van der Waals surface area contributed by atoms with Crippen molar-refractivity contribution in [3.8, 4) is 0 Å². The van der Waals surface area contributed by atoms with E-state index in [4.69, 9.17) is 0 Å². The zero-order valence-electron chi connectivity index (χ0n) is 11.4. The maximum absolute atomic E-state index is 12.6. The van der Waals surface area contributed by atoms with E-state index in [-0.39, 0.29) is 5.92 Å². The van der Waals surface area contributed by atoms with E-state index in [1.807, 2.05) is 0 Å². The lowest BCUT2D eigenvalue weighted by Gasteiger charge is -2.28. The maximum atomic E-state index is 12.6. The number of nitrogens with zero attached hydrogens (tertiary/aromatic N) is 2. The highest BCUT2D eigenvalue weighted by atomic mass is 19.4. The number of carbonyl (C=O) groups is 2. The summed E-state index contributed by atoms with van der Waals surface area (Å²) in [6.07, 6.45) is 0.976. The van der Waals surface area contributed by atoms with Crippen LogP contribution in [0.2, 0.25) is 0 Å². The van der Waals surface area contributed by atoms with Gasteiger partial charge in [0.05, 0.1) is 0 Å². The first-order valence-electron chi connectivity index (χ1n) is 6.94. The first-order valence-corrected chi connectivity index (χ1v) is 6.94. The van der Waals surface area contributed by atoms with Crippen LogP contribution in [0.25, 0.3) is 0 Å². The summed E-state index contributed by atoms with van der Waals surface area (Å²) in [4.78, 5) is 25.2. The topological polar surface area (TPSA) is 40.6 Å². The summed E-state index contributed by atoms with van der Waals surface area (Å²) in [5, 5.41) is 0. The molecular weight excluding hydrogens is 273 g/mol. The van der Waals surface area contributed by atoms with Crippen LogP contribution in [0.4, 0.5) is 18.0 Å². The largest absolute Gasteiger partial charge is 0.406 e. The Labute approximate surface area is 115 Å². The quantitative estimate of drug-likeness (QED) is 0.750. The summed E-state index contributed by atoms with van der Waals surface area (Å²) >= 11 is 0. The summed E-state index contributed by atoms with van der Waals surface area (Å²) in [5.74, 6) is -0.266. The molecule has 2 fully saturated rings. The van der Waals surface area contributed by atoms with Crippen molar-refractivity contribution in [3.63, 3.8) is 0 Å². The van der Waals surface area contributed by atoms with Gasteiger partial charge in [0.25, 0.3) is 5.91 Å². The second-order valence-electron chi connectivity index (χ2n) is 5.68. The molecule has 1 saturated heterocycles. The Balaban J connectivity index is 2.09. The van der Waals surface area contributed by atoms with Gasteiger partial charge in [0.2, 0.25) is 0 Å². The molecule has 0 N–H and O–H groups in total. The van der Waals surface area contributed by atoms with Crippen molar-refractivity contribution in [2.24, 2.45) is 5.92 Å². The lowest BCUT2D eigenvalue weighted by Crippen LogP contribution is -2.42. The van der Waals surface area contributed by atoms with Crippen molar-refractivity contribution in [1.29, 1.82) is 0 Å². The molecule has 1 aliphatic carbocycles. The van der Waals surface area contributed by atoms with Gasteiger partial charge >= 0.3 is 12.2 Å². The van der Waals surface area contributed by atoms with Gasteiger partial charge in [-0.25, -0.2) is 4.79 Å². The molecule has 4 nitrogen and oxygen atoms in total. The van der Waals surface area contributed by atoms with Crippen LogP contribution in [0, 0.1) is 5.92 Å². The third kappa shape index (κ3) is 3.24. The number of alkyl halides is 3. The molecule has 7 heteroatoms. The number of carbonyl (C=O) groups excluding carboxylic acids is 2. The van der Waals surface area contributed by atoms with Gasteiger partial charge in [0, 0.05) is 7.05 Å². The first-order chi connectivity index (χ1) is 9.29. The Hall–Kier alpha value is -1.27. The summed E-state index contributed by atoms with van der Waals surface area (Å²) in [7, 11) is 1.24. The van der Waals surface area contributed by atoms with Crippen LogP contribution in [-0.4, -0.2) is 47.5 Å². The molecule has 0 spiro atoms. The minimum absolute atomic E-state index is 0.243. The molecule has 0 aromatic carbocycles. The van der Waals surface area contributed by atoms with Gasteiger partial charge in [0.15, 0.2) is 0 Å². The molecule has 1 heterocycles. The molecule has 2 aliphatic rings. The molecule has 2 rings (SSSR count). The van der Waals surface area contributed by atoms with E-state index in [0.717, 1.165) is 37.0 Å². The molecule has 0 radical (unpaired) electrons. The van der Waals surface area contributed by atoms with Gasteiger partial charge in [0.1, 0.15) is 12.6 Å². The van der Waals surface area contributed by atoms with Gasteiger partial charge in [-0.15, -0.1) is 0 Å². The summed E-state index contributed by atoms with van der Waals surface area (Å²) in [6, 6.07) is -1.79. The minimum atomic E-state index is -4.48. The van der Waals surface area contributed by atoms with Crippen molar-refractivity contribution in [2.75, 3.05) is 13.6 Å². The zero-order valence-corrected chi connectivity index (χ0v) is 11.4. The van der Waals surface area contributed by atoms with Crippen molar-refractivity contribution in [2.45, 2.75) is 50.7 Å². The van der Waals surface area contributed by atoms with Gasteiger partial charge in [-0.2, -0.15) is 13.2 Å². The van der Waals surface area contributed by atoms with Crippen molar-refractivity contribution < 1.29 is 22.8 Å². The van der Waals surface area contributed by atoms with Crippen LogP contribution < -0.4 is 0 Å². The molecule has 20 heavy (non-hydrogen) atoms. The minimum Gasteiger partial charge on any atom is -0.303 e. The van der Waals surface area contributed by atoms with Crippen LogP contribution >= 0.6 is 0 Å². The smallest absolute Gasteiger partial charge is 0.303 e. The van der Waals surface area contributed by atoms with E-state index >= 15 is 0 Å². The van der Waals surface area contributed by atoms with Crippen LogP contribution in [0.15, 0.2) is 0 Å². The van der Waals surface area contributed by atoms with Gasteiger partial charge in [-0.1, -0.05) is 32.1 Å². The van der Waals surface area contributed by atoms with Crippen molar-refractivity contribution >= 4 is 11.9 Å². The van der Waals surface area contributed by atoms with E-state index in [9.17, 15) is 22.8 Å². The van der Waals surface area contributed by atoms with Crippen LogP contribution in [-0.2, 0) is 4.79 Å². The standard InChI is InChI=1S/C13H19F3N2O2/c1-17-11(19)10(7-9-5-3-2-4-6-9)18(12(17)20)8-13(14,15)16/h9-10H,2-8H2,1H3. The van der Waals surface area contributed by atoms with E-state index in [2.05, 4.69) is 0 Å². The highest BCUT2D eigenvalue weighted by Crippen LogP contribution is 2.32. The van der Waals surface area contributed by atoms with Gasteiger partial charge in [-0.3, -0.25) is 9.69 Å². The van der Waals surface area contributed by atoms with E-state index in [0.29, 0.717) is 11.3 Å². The molecule has 3 amide bonds. The maximum Gasteiger partial charge on any atom is 0.406 e. The van der Waals surface area contributed by atoms with Crippen LogP contribution in [0.3, 0.4) is 0 Å². The fraction of sp³-hybridized carbons (Fsp3) is 0.846. The van der Waals surface area contributed by atoms with E-state index in [1.54, 1.807) is 0 Å². The average Bonchev–Trinajstić information content (AvgIpc) is 2.56. The van der Waals surface area contributed by atoms with Gasteiger partial charge < -0.3 is 4.90 Å². The third-order valence-corrected chi connectivity index (χ3v) is 4.16. The number of likely N-dealkylation sites (N-methyl/N-ethyl adjacent to an activating group) is 1. The number of amides is 3. The highest BCUT2D eigenvalue weighted by Gasteiger charge is 2.48. The number of hydrogen-bond donors (Lipinski definition) is 0. The first kappa shape index (κ1) is 15.1. The number of imide groups is 1. The predicted octanol–water partition coefficient (Wildman–Crippen LogP) is 2.78. The number of urea groups is 1. The number of rotatable bonds is 3. The Morgan fingerprint density at radius 3 is 2.30 bits per heavy atom. The van der Waals surface area contributed by atoms with Gasteiger partial charge in [-0.05, 0) is 12.3 Å². The normalized spacial score (nSPS) is 25.7. The lowest BCUT2D eigenvalue weighted by molar-refractivity contribution is -0.145. The number of hydrogen-bond acceptors (Lipinski definition) is 2. The number of halogens is 3. The molecule has 0 bridgehead atoms. The fourth-order valence-corrected chi connectivity index (χ4v) is 3.11. The SMILES string of the molecule is CN1C(=O)C(CC2CCCCC2)N(CC(F)(F)F)C1=O. The molecule has 0 aromatic heterocycles. The second kappa shape index (κ2) is 5.61. The Morgan fingerprint density at radius 2 is 1.75 bits per heavy atom.